The third-order valence-electron chi connectivity index (χ3n) is 5.58. The number of anilines is 1. The minimum absolute atomic E-state index is 0.241. The van der Waals surface area contributed by atoms with Gasteiger partial charge in [0.2, 0.25) is 0 Å². The quantitative estimate of drug-likeness (QED) is 0.339. The average Bonchev–Trinajstić information content (AvgIpc) is 2.77. The van der Waals surface area contributed by atoms with Crippen molar-refractivity contribution in [2.45, 2.75) is 22.8 Å². The summed E-state index contributed by atoms with van der Waals surface area (Å²) in [6.45, 7) is 6.11. The predicted octanol–water partition coefficient (Wildman–Crippen LogP) is 8.33. The molecule has 4 rings (SSSR count). The number of rotatable bonds is 5. The van der Waals surface area contributed by atoms with E-state index in [1.807, 2.05) is 42.5 Å². The van der Waals surface area contributed by atoms with Gasteiger partial charge in [0, 0.05) is 57.7 Å². The summed E-state index contributed by atoms with van der Waals surface area (Å²) < 4.78 is 0. The third-order valence-corrected chi connectivity index (χ3v) is 7.87. The Hall–Kier alpha value is -1.07. The molecule has 3 aromatic rings. The molecule has 31 heavy (non-hydrogen) atoms. The highest BCUT2D eigenvalue weighted by Gasteiger charge is 2.24. The van der Waals surface area contributed by atoms with Crippen LogP contribution in [0.4, 0.5) is 5.69 Å². The summed E-state index contributed by atoms with van der Waals surface area (Å²) in [5, 5.41) is 2.65. The Balaban J connectivity index is 1.50. The molecule has 7 heteroatoms. The van der Waals surface area contributed by atoms with Crippen molar-refractivity contribution in [3.63, 3.8) is 0 Å². The van der Waals surface area contributed by atoms with Crippen LogP contribution in [-0.4, -0.2) is 31.1 Å². The van der Waals surface area contributed by atoms with Crippen molar-refractivity contribution in [2.24, 2.45) is 0 Å². The van der Waals surface area contributed by atoms with Crippen molar-refractivity contribution in [3.05, 3.63) is 86.3 Å². The van der Waals surface area contributed by atoms with Crippen LogP contribution in [0, 0.1) is 0 Å². The Morgan fingerprint density at radius 3 is 2.23 bits per heavy atom. The highest BCUT2D eigenvalue weighted by atomic mass is 35.5. The lowest BCUT2D eigenvalue weighted by molar-refractivity contribution is 0.196. The van der Waals surface area contributed by atoms with Gasteiger partial charge in [-0.05, 0) is 67.1 Å². The zero-order chi connectivity index (χ0) is 22.0. The van der Waals surface area contributed by atoms with Crippen LogP contribution in [-0.2, 0) is 0 Å². The molecule has 0 unspecified atom stereocenters. The number of hydrogen-bond acceptors (Lipinski definition) is 3. The van der Waals surface area contributed by atoms with E-state index in [1.165, 1.54) is 16.1 Å². The molecule has 0 aromatic heterocycles. The van der Waals surface area contributed by atoms with Gasteiger partial charge in [0.25, 0.3) is 0 Å². The lowest BCUT2D eigenvalue weighted by atomic mass is 10.1. The Kier molecular flexibility index (Phi) is 7.64. The molecule has 0 amide bonds. The number of benzene rings is 3. The standard InChI is InChI=1S/C24H22Cl4N2S/c1-16(29-9-11-30(12-10-29)19-4-2-3-17(25)13-19)21-14-18(26)5-8-24(21)31-20-6-7-22(27)23(28)15-20/h2-8,13-16H,9-12H2,1H3/t16-/m1/s1. The monoisotopic (exact) mass is 510 g/mol. The topological polar surface area (TPSA) is 6.48 Å². The summed E-state index contributed by atoms with van der Waals surface area (Å²) in [5.74, 6) is 0. The molecule has 3 aromatic carbocycles. The van der Waals surface area contributed by atoms with Gasteiger partial charge in [-0.3, -0.25) is 4.90 Å². The summed E-state index contributed by atoms with van der Waals surface area (Å²) in [5.41, 5.74) is 2.40. The van der Waals surface area contributed by atoms with Gasteiger partial charge >= 0.3 is 0 Å². The van der Waals surface area contributed by atoms with E-state index in [1.54, 1.807) is 11.8 Å². The molecule has 2 nitrogen and oxygen atoms in total. The first-order valence-electron chi connectivity index (χ1n) is 10.1. The van der Waals surface area contributed by atoms with E-state index in [9.17, 15) is 0 Å². The summed E-state index contributed by atoms with van der Waals surface area (Å²) in [7, 11) is 0. The molecule has 1 aliphatic rings. The second-order valence-corrected chi connectivity index (χ2v) is 10.3. The molecular formula is C24H22Cl4N2S. The molecule has 0 spiro atoms. The molecule has 1 aliphatic heterocycles. The number of hydrogen-bond donors (Lipinski definition) is 0. The van der Waals surface area contributed by atoms with Crippen molar-refractivity contribution in [2.75, 3.05) is 31.1 Å². The van der Waals surface area contributed by atoms with Gasteiger partial charge in [-0.1, -0.05) is 64.2 Å². The van der Waals surface area contributed by atoms with Crippen LogP contribution in [0.15, 0.2) is 70.5 Å². The lowest BCUT2D eigenvalue weighted by Crippen LogP contribution is -2.47. The van der Waals surface area contributed by atoms with Crippen molar-refractivity contribution < 1.29 is 0 Å². The van der Waals surface area contributed by atoms with E-state index in [0.717, 1.165) is 41.1 Å². The summed E-state index contributed by atoms with van der Waals surface area (Å²) >= 11 is 26.5. The van der Waals surface area contributed by atoms with Gasteiger partial charge in [-0.2, -0.15) is 0 Å². The highest BCUT2D eigenvalue weighted by molar-refractivity contribution is 7.99. The van der Waals surface area contributed by atoms with Gasteiger partial charge in [-0.15, -0.1) is 0 Å². The van der Waals surface area contributed by atoms with Crippen LogP contribution in [0.5, 0.6) is 0 Å². The van der Waals surface area contributed by atoms with Crippen LogP contribution in [0.2, 0.25) is 20.1 Å². The normalized spacial score (nSPS) is 15.8. The van der Waals surface area contributed by atoms with Crippen LogP contribution in [0.3, 0.4) is 0 Å². The van der Waals surface area contributed by atoms with Gasteiger partial charge in [0.15, 0.2) is 0 Å². The Labute approximate surface area is 208 Å². The van der Waals surface area contributed by atoms with E-state index in [2.05, 4.69) is 34.9 Å². The molecule has 162 valence electrons. The highest BCUT2D eigenvalue weighted by Crippen LogP contribution is 2.39. The maximum absolute atomic E-state index is 6.38. The average molecular weight is 512 g/mol. The lowest BCUT2D eigenvalue weighted by Gasteiger charge is -2.39. The Morgan fingerprint density at radius 2 is 1.52 bits per heavy atom. The van der Waals surface area contributed by atoms with Crippen molar-refractivity contribution in [1.29, 1.82) is 0 Å². The minimum atomic E-state index is 0.241. The van der Waals surface area contributed by atoms with Crippen LogP contribution in [0.1, 0.15) is 18.5 Å². The fourth-order valence-electron chi connectivity index (χ4n) is 3.84. The van der Waals surface area contributed by atoms with Crippen LogP contribution >= 0.6 is 58.2 Å². The number of piperazine rings is 1. The SMILES string of the molecule is C[C@H](c1cc(Cl)ccc1Sc1ccc(Cl)c(Cl)c1)N1CCN(c2cccc(Cl)c2)CC1. The van der Waals surface area contributed by atoms with E-state index in [4.69, 9.17) is 46.4 Å². The Bertz CT molecular complexity index is 1070. The fourth-order valence-corrected chi connectivity index (χ4v) is 5.62. The second-order valence-electron chi connectivity index (χ2n) is 7.54. The third kappa shape index (κ3) is 5.65. The molecule has 1 atom stereocenters. The second kappa shape index (κ2) is 10.2. The first-order chi connectivity index (χ1) is 14.9. The molecule has 0 saturated carbocycles. The first-order valence-corrected chi connectivity index (χ1v) is 12.4. The van der Waals surface area contributed by atoms with Gasteiger partial charge in [0.05, 0.1) is 10.0 Å². The van der Waals surface area contributed by atoms with Crippen molar-refractivity contribution >= 4 is 63.9 Å². The Morgan fingerprint density at radius 1 is 0.774 bits per heavy atom. The summed E-state index contributed by atoms with van der Waals surface area (Å²) in [4.78, 5) is 7.12. The molecule has 0 aliphatic carbocycles. The molecule has 0 N–H and O–H groups in total. The van der Waals surface area contributed by atoms with Crippen molar-refractivity contribution in [3.8, 4) is 0 Å². The maximum Gasteiger partial charge on any atom is 0.0603 e. The number of nitrogens with zero attached hydrogens (tertiary/aromatic N) is 2. The van der Waals surface area contributed by atoms with Gasteiger partial charge in [-0.25, -0.2) is 0 Å². The summed E-state index contributed by atoms with van der Waals surface area (Å²) in [6.07, 6.45) is 0. The van der Waals surface area contributed by atoms with E-state index < -0.39 is 0 Å². The largest absolute Gasteiger partial charge is 0.369 e. The maximum atomic E-state index is 6.38. The first kappa shape index (κ1) is 23.1. The molecule has 1 heterocycles. The molecular weight excluding hydrogens is 490 g/mol. The van der Waals surface area contributed by atoms with E-state index in [-0.39, 0.29) is 6.04 Å². The number of halogens is 4. The van der Waals surface area contributed by atoms with Gasteiger partial charge < -0.3 is 4.90 Å². The van der Waals surface area contributed by atoms with Gasteiger partial charge in [0.1, 0.15) is 0 Å². The molecule has 1 saturated heterocycles. The van der Waals surface area contributed by atoms with Crippen molar-refractivity contribution in [1.82, 2.24) is 4.90 Å². The smallest absolute Gasteiger partial charge is 0.0603 e. The zero-order valence-electron chi connectivity index (χ0n) is 17.0. The zero-order valence-corrected chi connectivity index (χ0v) is 20.8. The molecule has 0 bridgehead atoms. The van der Waals surface area contributed by atoms with Crippen LogP contribution in [0.25, 0.3) is 0 Å². The molecule has 0 radical (unpaired) electrons. The minimum Gasteiger partial charge on any atom is -0.369 e. The van der Waals surface area contributed by atoms with E-state index in [0.29, 0.717) is 10.0 Å². The van der Waals surface area contributed by atoms with E-state index >= 15 is 0 Å². The van der Waals surface area contributed by atoms with Crippen LogP contribution < -0.4 is 4.90 Å². The summed E-state index contributed by atoms with van der Waals surface area (Å²) in [6, 6.07) is 20.1. The molecule has 1 fully saturated rings. The predicted molar refractivity (Wildman–Crippen MR) is 136 cm³/mol. The fraction of sp³-hybridized carbons (Fsp3) is 0.250.